The van der Waals surface area contributed by atoms with Crippen LogP contribution in [0.25, 0.3) is 16.6 Å². The van der Waals surface area contributed by atoms with Crippen LogP contribution >= 0.6 is 0 Å². The highest BCUT2D eigenvalue weighted by molar-refractivity contribution is 5.97. The van der Waals surface area contributed by atoms with E-state index in [-0.39, 0.29) is 5.39 Å². The van der Waals surface area contributed by atoms with E-state index in [4.69, 9.17) is 14.6 Å². The van der Waals surface area contributed by atoms with E-state index < -0.39 is 23.8 Å². The molecule has 5 rings (SSSR count). The molecule has 1 aromatic carbocycles. The van der Waals surface area contributed by atoms with Crippen LogP contribution in [0, 0.1) is 18.6 Å². The quantitative estimate of drug-likeness (QED) is 0.510. The van der Waals surface area contributed by atoms with Gasteiger partial charge in [0, 0.05) is 30.4 Å². The van der Waals surface area contributed by atoms with Gasteiger partial charge in [0.1, 0.15) is 23.5 Å². The maximum atomic E-state index is 14.8. The third kappa shape index (κ3) is 3.52. The average Bonchev–Trinajstić information content (AvgIpc) is 3.39. The fourth-order valence-corrected chi connectivity index (χ4v) is 4.07. The van der Waals surface area contributed by atoms with Crippen molar-refractivity contribution in [3.05, 3.63) is 71.6 Å². The maximum Gasteiger partial charge on any atom is 0.238 e. The molecule has 0 bridgehead atoms. The summed E-state index contributed by atoms with van der Waals surface area (Å²) < 4.78 is 37.8. The normalized spacial score (nSPS) is 18.3. The number of methoxy groups -OCH3 is 1. The third-order valence-corrected chi connectivity index (χ3v) is 5.71. The zero-order chi connectivity index (χ0) is 23.3. The molecule has 0 radical (unpaired) electrons. The lowest BCUT2D eigenvalue weighted by Crippen LogP contribution is -2.38. The number of aryl methyl sites for hydroxylation is 2. The fraction of sp³-hybridized carbons (Fsp3) is 0.261. The highest BCUT2D eigenvalue weighted by Crippen LogP contribution is 2.35. The van der Waals surface area contributed by atoms with E-state index in [1.807, 2.05) is 30.7 Å². The molecule has 8 nitrogen and oxygen atoms in total. The molecule has 0 fully saturated rings. The number of benzene rings is 1. The summed E-state index contributed by atoms with van der Waals surface area (Å²) >= 11 is 0. The van der Waals surface area contributed by atoms with Crippen LogP contribution in [0.5, 0.6) is 5.88 Å². The van der Waals surface area contributed by atoms with E-state index in [2.05, 4.69) is 15.4 Å². The van der Waals surface area contributed by atoms with Crippen molar-refractivity contribution < 1.29 is 18.4 Å². The molecule has 10 heteroatoms. The number of hydrogen-bond acceptors (Lipinski definition) is 6. The highest BCUT2D eigenvalue weighted by Gasteiger charge is 2.31. The molecule has 4 aromatic rings. The summed E-state index contributed by atoms with van der Waals surface area (Å²) in [6, 6.07) is 5.71. The summed E-state index contributed by atoms with van der Waals surface area (Å²) in [4.78, 5) is 19.3. The van der Waals surface area contributed by atoms with E-state index in [0.717, 1.165) is 17.4 Å². The van der Waals surface area contributed by atoms with Crippen molar-refractivity contribution in [3.8, 4) is 11.6 Å². The van der Waals surface area contributed by atoms with E-state index >= 15 is 0 Å². The molecule has 2 atom stereocenters. The van der Waals surface area contributed by atoms with Crippen LogP contribution < -0.4 is 10.2 Å². The van der Waals surface area contributed by atoms with Crippen LogP contribution in [0.4, 0.5) is 8.78 Å². The Kier molecular flexibility index (Phi) is 5.09. The van der Waals surface area contributed by atoms with Gasteiger partial charge in [0.05, 0.1) is 24.6 Å². The molecule has 0 saturated heterocycles. The number of hydrogen-bond donors (Lipinski definition) is 1. The summed E-state index contributed by atoms with van der Waals surface area (Å²) in [5.74, 6) is -1.06. The van der Waals surface area contributed by atoms with Crippen molar-refractivity contribution in [2.75, 3.05) is 7.11 Å². The predicted molar refractivity (Wildman–Crippen MR) is 118 cm³/mol. The summed E-state index contributed by atoms with van der Waals surface area (Å²) in [6.45, 7) is 3.71. The van der Waals surface area contributed by atoms with E-state index in [0.29, 0.717) is 28.5 Å². The summed E-state index contributed by atoms with van der Waals surface area (Å²) in [5.41, 5.74) is 5.99. The minimum Gasteiger partial charge on any atom is -0.479 e. The smallest absolute Gasteiger partial charge is 0.238 e. The molecule has 2 unspecified atom stereocenters. The zero-order valence-corrected chi connectivity index (χ0v) is 18.5. The van der Waals surface area contributed by atoms with Gasteiger partial charge in [-0.3, -0.25) is 9.83 Å². The zero-order valence-electron chi connectivity index (χ0n) is 18.5. The number of aromatic nitrogens is 4. The monoisotopic (exact) mass is 452 g/mol. The lowest BCUT2D eigenvalue weighted by molar-refractivity contribution is -0.00456. The molecule has 0 saturated carbocycles. The first-order chi connectivity index (χ1) is 15.9. The summed E-state index contributed by atoms with van der Waals surface area (Å²) in [7, 11) is 3.31. The molecule has 0 amide bonds. The number of rotatable bonds is 4. The molecule has 1 aliphatic rings. The number of nitrogens with one attached hydrogen (secondary N) is 1. The van der Waals surface area contributed by atoms with Gasteiger partial charge in [-0.15, -0.1) is 0 Å². The number of hydroxylamine groups is 1. The van der Waals surface area contributed by atoms with Crippen LogP contribution in [0.15, 0.2) is 48.0 Å². The Morgan fingerprint density at radius 2 is 1.97 bits per heavy atom. The topological polar surface area (TPSA) is 78.5 Å². The summed E-state index contributed by atoms with van der Waals surface area (Å²) in [6.07, 6.45) is 4.87. The SMILES string of the molecule is COc1nc(C2=NC(c3cn(C)c4ccc(F)c(F)c34)C(C)ON2)ccc1-n1cnc(C)c1. The van der Waals surface area contributed by atoms with Crippen molar-refractivity contribution in [3.63, 3.8) is 0 Å². The van der Waals surface area contributed by atoms with Gasteiger partial charge in [0.2, 0.25) is 5.88 Å². The largest absolute Gasteiger partial charge is 0.479 e. The second-order valence-electron chi connectivity index (χ2n) is 7.95. The van der Waals surface area contributed by atoms with Crippen LogP contribution in [0.3, 0.4) is 0 Å². The Morgan fingerprint density at radius 1 is 1.15 bits per heavy atom. The van der Waals surface area contributed by atoms with E-state index in [1.165, 1.54) is 7.11 Å². The lowest BCUT2D eigenvalue weighted by atomic mass is 10.0. The number of pyridine rings is 1. The van der Waals surface area contributed by atoms with Gasteiger partial charge in [0.15, 0.2) is 17.5 Å². The first-order valence-corrected chi connectivity index (χ1v) is 10.4. The molecular weight excluding hydrogens is 430 g/mol. The van der Waals surface area contributed by atoms with Crippen LogP contribution in [0.2, 0.25) is 0 Å². The Morgan fingerprint density at radius 3 is 2.70 bits per heavy atom. The van der Waals surface area contributed by atoms with Crippen LogP contribution in [-0.4, -0.2) is 38.2 Å². The molecule has 0 aliphatic carbocycles. The highest BCUT2D eigenvalue weighted by atomic mass is 19.2. The van der Waals surface area contributed by atoms with Gasteiger partial charge in [-0.2, -0.15) is 0 Å². The number of aliphatic imine (C=N–C) groups is 1. The maximum absolute atomic E-state index is 14.8. The van der Waals surface area contributed by atoms with Gasteiger partial charge in [-0.1, -0.05) is 0 Å². The molecule has 1 aliphatic heterocycles. The van der Waals surface area contributed by atoms with Crippen LogP contribution in [0.1, 0.15) is 29.9 Å². The molecule has 3 aromatic heterocycles. The average molecular weight is 452 g/mol. The molecule has 4 heterocycles. The predicted octanol–water partition coefficient (Wildman–Crippen LogP) is 3.77. The van der Waals surface area contributed by atoms with Crippen molar-refractivity contribution in [2.24, 2.45) is 12.0 Å². The van der Waals surface area contributed by atoms with Gasteiger partial charge in [0.25, 0.3) is 0 Å². The molecule has 1 N–H and O–H groups in total. The molecule has 0 spiro atoms. The number of halogens is 2. The minimum absolute atomic E-state index is 0.194. The van der Waals surface area contributed by atoms with E-state index in [9.17, 15) is 8.78 Å². The van der Waals surface area contributed by atoms with Gasteiger partial charge >= 0.3 is 0 Å². The third-order valence-electron chi connectivity index (χ3n) is 5.71. The summed E-state index contributed by atoms with van der Waals surface area (Å²) in [5, 5.41) is 0.194. The number of fused-ring (bicyclic) bond motifs is 1. The molecule has 33 heavy (non-hydrogen) atoms. The first kappa shape index (κ1) is 21.1. The number of ether oxygens (including phenoxy) is 1. The van der Waals surface area contributed by atoms with E-state index in [1.54, 1.807) is 36.3 Å². The standard InChI is InChI=1S/C23H22F2N6O2/c1-12-9-31(11-26-12)18-8-6-16(27-23(18)32-4)22-28-21(13(2)33-29-22)14-10-30(3)17-7-5-15(24)20(25)19(14)17/h5-11,13,21H,1-4H3,(H,28,29). The Bertz CT molecular complexity index is 1390. The number of nitrogens with zero attached hydrogens (tertiary/aromatic N) is 5. The molecular formula is C23H22F2N6O2. The Hall–Kier alpha value is -3.79. The van der Waals surface area contributed by atoms with Crippen molar-refractivity contribution in [1.29, 1.82) is 0 Å². The number of imidazole rings is 1. The lowest BCUT2D eigenvalue weighted by Gasteiger charge is -2.27. The molecule has 170 valence electrons. The second kappa shape index (κ2) is 7.96. The van der Waals surface area contributed by atoms with Gasteiger partial charge in [-0.25, -0.2) is 24.2 Å². The fourth-order valence-electron chi connectivity index (χ4n) is 4.07. The van der Waals surface area contributed by atoms with Crippen molar-refractivity contribution in [1.82, 2.24) is 24.6 Å². The Balaban J connectivity index is 1.59. The van der Waals surface area contributed by atoms with Gasteiger partial charge < -0.3 is 13.9 Å². The number of amidine groups is 1. The second-order valence-corrected chi connectivity index (χ2v) is 7.95. The van der Waals surface area contributed by atoms with Crippen molar-refractivity contribution >= 4 is 16.7 Å². The van der Waals surface area contributed by atoms with Gasteiger partial charge in [-0.05, 0) is 38.1 Å². The minimum atomic E-state index is -0.904. The van der Waals surface area contributed by atoms with Crippen molar-refractivity contribution in [2.45, 2.75) is 26.0 Å². The van der Waals surface area contributed by atoms with Crippen LogP contribution in [-0.2, 0) is 11.9 Å². The first-order valence-electron chi connectivity index (χ1n) is 10.4. The Labute approximate surface area is 188 Å².